The lowest BCUT2D eigenvalue weighted by atomic mass is 10.2. The van der Waals surface area contributed by atoms with Crippen molar-refractivity contribution < 1.29 is 24.1 Å². The normalized spacial score (nSPS) is 26.7. The quantitative estimate of drug-likeness (QED) is 0.804. The third-order valence-electron chi connectivity index (χ3n) is 4.42. The van der Waals surface area contributed by atoms with Gasteiger partial charge in [0.05, 0.1) is 39.1 Å². The monoisotopic (exact) mass is 373 g/mol. The molecule has 6 heteroatoms. The van der Waals surface area contributed by atoms with E-state index < -0.39 is 18.4 Å². The molecule has 0 aliphatic carbocycles. The minimum absolute atomic E-state index is 0.171. The Morgan fingerprint density at radius 2 is 1.33 bits per heavy atom. The van der Waals surface area contributed by atoms with Crippen molar-refractivity contribution in [1.82, 2.24) is 0 Å². The Morgan fingerprint density at radius 1 is 0.815 bits per heavy atom. The van der Waals surface area contributed by atoms with Crippen molar-refractivity contribution in [2.24, 2.45) is 5.73 Å². The van der Waals surface area contributed by atoms with Crippen molar-refractivity contribution in [3.05, 3.63) is 71.8 Å². The van der Waals surface area contributed by atoms with Crippen molar-refractivity contribution in [1.29, 1.82) is 0 Å². The summed E-state index contributed by atoms with van der Waals surface area (Å²) >= 11 is 0. The maximum atomic E-state index is 9.98. The van der Waals surface area contributed by atoms with Gasteiger partial charge in [0.2, 0.25) is 0 Å². The van der Waals surface area contributed by atoms with Gasteiger partial charge in [-0.15, -0.1) is 0 Å². The molecule has 6 nitrogen and oxygen atoms in total. The lowest BCUT2D eigenvalue weighted by Crippen LogP contribution is -2.41. The molecule has 1 fully saturated rings. The first-order valence-electron chi connectivity index (χ1n) is 9.16. The molecule has 1 heterocycles. The van der Waals surface area contributed by atoms with Gasteiger partial charge in [-0.25, -0.2) is 0 Å². The number of hydrogen-bond donors (Lipinski definition) is 2. The van der Waals surface area contributed by atoms with Crippen molar-refractivity contribution >= 4 is 0 Å². The molecule has 2 aromatic rings. The zero-order valence-corrected chi connectivity index (χ0v) is 15.3. The maximum Gasteiger partial charge on any atom is 0.172 e. The summed E-state index contributed by atoms with van der Waals surface area (Å²) in [5.74, 6) is 0. The molecular formula is C21H27NO5. The Labute approximate surface area is 159 Å². The highest BCUT2D eigenvalue weighted by Crippen LogP contribution is 2.15. The zero-order valence-electron chi connectivity index (χ0n) is 15.3. The van der Waals surface area contributed by atoms with Crippen LogP contribution in [0.4, 0.5) is 0 Å². The van der Waals surface area contributed by atoms with E-state index in [0.29, 0.717) is 19.8 Å². The highest BCUT2D eigenvalue weighted by Gasteiger charge is 2.29. The highest BCUT2D eigenvalue weighted by atomic mass is 16.6. The Kier molecular flexibility index (Phi) is 7.77. The molecule has 1 aliphatic heterocycles. The fourth-order valence-electron chi connectivity index (χ4n) is 2.80. The SMILES string of the molecule is N[C@H]1COC[C@H](OCc2ccccc2)[C@@H](OCc2ccccc2)COC1O. The molecule has 1 unspecified atom stereocenters. The van der Waals surface area contributed by atoms with Gasteiger partial charge in [0.25, 0.3) is 0 Å². The van der Waals surface area contributed by atoms with Crippen LogP contribution in [0.5, 0.6) is 0 Å². The number of nitrogens with two attached hydrogens (primary N) is 1. The predicted octanol–water partition coefficient (Wildman–Crippen LogP) is 1.85. The van der Waals surface area contributed by atoms with Crippen LogP contribution >= 0.6 is 0 Å². The van der Waals surface area contributed by atoms with Crippen molar-refractivity contribution in [3.8, 4) is 0 Å². The summed E-state index contributed by atoms with van der Waals surface area (Å²) < 4.78 is 23.3. The first-order chi connectivity index (χ1) is 13.2. The van der Waals surface area contributed by atoms with Crippen LogP contribution in [0.15, 0.2) is 60.7 Å². The Hall–Kier alpha value is -1.80. The number of hydrogen-bond acceptors (Lipinski definition) is 6. The molecule has 0 radical (unpaired) electrons. The molecule has 4 atom stereocenters. The molecule has 3 rings (SSSR count). The molecule has 2 aromatic carbocycles. The van der Waals surface area contributed by atoms with Crippen molar-refractivity contribution in [2.45, 2.75) is 37.8 Å². The van der Waals surface area contributed by atoms with Gasteiger partial charge in [0, 0.05) is 0 Å². The number of ether oxygens (including phenoxy) is 4. The summed E-state index contributed by atoms with van der Waals surface area (Å²) in [5, 5.41) is 9.98. The fourth-order valence-corrected chi connectivity index (χ4v) is 2.80. The van der Waals surface area contributed by atoms with Gasteiger partial charge >= 0.3 is 0 Å². The first-order valence-corrected chi connectivity index (χ1v) is 9.16. The van der Waals surface area contributed by atoms with E-state index in [1.54, 1.807) is 0 Å². The predicted molar refractivity (Wildman–Crippen MR) is 101 cm³/mol. The molecule has 0 aromatic heterocycles. The van der Waals surface area contributed by atoms with Crippen LogP contribution in [0.25, 0.3) is 0 Å². The smallest absolute Gasteiger partial charge is 0.172 e. The highest BCUT2D eigenvalue weighted by molar-refractivity contribution is 5.14. The number of benzene rings is 2. The summed E-state index contributed by atoms with van der Waals surface area (Å²) in [4.78, 5) is 0. The van der Waals surface area contributed by atoms with Gasteiger partial charge in [-0.05, 0) is 11.1 Å². The van der Waals surface area contributed by atoms with Gasteiger partial charge in [0.15, 0.2) is 6.29 Å². The van der Waals surface area contributed by atoms with Crippen LogP contribution in [0, 0.1) is 0 Å². The van der Waals surface area contributed by atoms with Crippen LogP contribution in [-0.2, 0) is 32.2 Å². The summed E-state index contributed by atoms with van der Waals surface area (Å²) in [6.07, 6.45) is -1.83. The van der Waals surface area contributed by atoms with E-state index in [2.05, 4.69) is 0 Å². The van der Waals surface area contributed by atoms with Crippen molar-refractivity contribution in [3.63, 3.8) is 0 Å². The van der Waals surface area contributed by atoms with Gasteiger partial charge in [-0.2, -0.15) is 0 Å². The molecule has 1 aliphatic rings. The average Bonchev–Trinajstić information content (AvgIpc) is 2.77. The van der Waals surface area contributed by atoms with Gasteiger partial charge < -0.3 is 29.8 Å². The maximum absolute atomic E-state index is 9.98. The lowest BCUT2D eigenvalue weighted by molar-refractivity contribution is -0.164. The van der Waals surface area contributed by atoms with E-state index in [0.717, 1.165) is 11.1 Å². The summed E-state index contributed by atoms with van der Waals surface area (Å²) in [6.45, 7) is 1.54. The van der Waals surface area contributed by atoms with E-state index in [1.165, 1.54) is 0 Å². The average molecular weight is 373 g/mol. The molecule has 1 saturated heterocycles. The van der Waals surface area contributed by atoms with Gasteiger partial charge in [0.1, 0.15) is 12.2 Å². The zero-order chi connectivity index (χ0) is 18.9. The topological polar surface area (TPSA) is 83.2 Å². The van der Waals surface area contributed by atoms with Gasteiger partial charge in [-0.3, -0.25) is 0 Å². The Morgan fingerprint density at radius 3 is 1.89 bits per heavy atom. The second kappa shape index (κ2) is 10.5. The van der Waals surface area contributed by atoms with Gasteiger partial charge in [-0.1, -0.05) is 60.7 Å². The number of aliphatic hydroxyl groups is 1. The second-order valence-electron chi connectivity index (χ2n) is 6.60. The van der Waals surface area contributed by atoms with E-state index in [1.807, 2.05) is 60.7 Å². The standard InChI is InChI=1S/C21H27NO5/c22-18-13-24-14-19(25-11-16-7-3-1-4-8-16)20(15-27-21(18)23)26-12-17-9-5-2-6-10-17/h1-10,18-21,23H,11-15,22H2/t18-,19-,20-,21?/m0/s1. The molecular weight excluding hydrogens is 346 g/mol. The van der Waals surface area contributed by atoms with E-state index in [-0.39, 0.29) is 19.3 Å². The largest absolute Gasteiger partial charge is 0.377 e. The first kappa shape index (κ1) is 19.9. The minimum atomic E-state index is -1.10. The molecule has 0 amide bonds. The molecule has 146 valence electrons. The van der Waals surface area contributed by atoms with Crippen LogP contribution in [0.3, 0.4) is 0 Å². The Bertz CT molecular complexity index is 654. The van der Waals surface area contributed by atoms with E-state index in [4.69, 9.17) is 24.7 Å². The van der Waals surface area contributed by atoms with Crippen LogP contribution in [-0.4, -0.2) is 49.5 Å². The van der Waals surface area contributed by atoms with E-state index >= 15 is 0 Å². The van der Waals surface area contributed by atoms with E-state index in [9.17, 15) is 5.11 Å². The van der Waals surface area contributed by atoms with Crippen LogP contribution < -0.4 is 5.73 Å². The summed E-state index contributed by atoms with van der Waals surface area (Å²) in [6, 6.07) is 19.2. The Balaban J connectivity index is 1.65. The summed E-state index contributed by atoms with van der Waals surface area (Å²) in [5.41, 5.74) is 7.98. The van der Waals surface area contributed by atoms with Crippen LogP contribution in [0.1, 0.15) is 11.1 Å². The molecule has 0 bridgehead atoms. The molecule has 3 N–H and O–H groups in total. The number of rotatable bonds is 6. The third kappa shape index (κ3) is 6.39. The minimum Gasteiger partial charge on any atom is -0.377 e. The summed E-state index contributed by atoms with van der Waals surface area (Å²) in [7, 11) is 0. The molecule has 0 spiro atoms. The lowest BCUT2D eigenvalue weighted by Gasteiger charge is -2.27. The fraction of sp³-hybridized carbons (Fsp3) is 0.429. The van der Waals surface area contributed by atoms with Crippen molar-refractivity contribution in [2.75, 3.05) is 19.8 Å². The molecule has 27 heavy (non-hydrogen) atoms. The van der Waals surface area contributed by atoms with Crippen LogP contribution in [0.2, 0.25) is 0 Å². The number of aliphatic hydroxyl groups excluding tert-OH is 1. The molecule has 0 saturated carbocycles. The second-order valence-corrected chi connectivity index (χ2v) is 6.60. The third-order valence-corrected chi connectivity index (χ3v) is 4.42.